The van der Waals surface area contributed by atoms with Crippen molar-refractivity contribution in [2.45, 2.75) is 37.4 Å². The molecule has 5 rings (SSSR count). The fraction of sp³-hybridized carbons (Fsp3) is 0.542. The Hall–Kier alpha value is -1.97. The summed E-state index contributed by atoms with van der Waals surface area (Å²) >= 11 is 12.2. The van der Waals surface area contributed by atoms with Gasteiger partial charge in [-0.25, -0.2) is 0 Å². The van der Waals surface area contributed by atoms with Crippen molar-refractivity contribution >= 4 is 34.9 Å². The molecule has 1 aromatic heterocycles. The van der Waals surface area contributed by atoms with Gasteiger partial charge in [-0.05, 0) is 43.6 Å². The van der Waals surface area contributed by atoms with E-state index >= 15 is 0 Å². The second-order valence-electron chi connectivity index (χ2n) is 9.20. The molecule has 1 unspecified atom stereocenters. The number of aromatic nitrogens is 1. The highest BCUT2D eigenvalue weighted by molar-refractivity contribution is 6.42. The highest BCUT2D eigenvalue weighted by Gasteiger charge is 2.48. The SMILES string of the molecule is O=C(CN1CCN(C(=O)Cc2ccc(Cl)c(Cl)c2)[C@H]2C1COC[C@@H]2N1CCCC1)c1ccon1. The maximum Gasteiger partial charge on any atom is 0.227 e. The van der Waals surface area contributed by atoms with Gasteiger partial charge in [-0.1, -0.05) is 34.4 Å². The molecule has 1 aromatic carbocycles. The number of piperazine rings is 1. The molecule has 3 aliphatic rings. The molecule has 34 heavy (non-hydrogen) atoms. The Kier molecular flexibility index (Phi) is 7.22. The van der Waals surface area contributed by atoms with Crippen LogP contribution in [0.3, 0.4) is 0 Å². The van der Waals surface area contributed by atoms with Crippen LogP contribution >= 0.6 is 23.2 Å². The van der Waals surface area contributed by atoms with Gasteiger partial charge in [0.25, 0.3) is 0 Å². The largest absolute Gasteiger partial charge is 0.378 e. The summed E-state index contributed by atoms with van der Waals surface area (Å²) in [5.74, 6) is -0.0339. The van der Waals surface area contributed by atoms with Crippen molar-refractivity contribution < 1.29 is 18.8 Å². The highest BCUT2D eigenvalue weighted by atomic mass is 35.5. The lowest BCUT2D eigenvalue weighted by atomic mass is 9.90. The fourth-order valence-corrected chi connectivity index (χ4v) is 5.80. The molecular weight excluding hydrogens is 479 g/mol. The molecule has 8 nitrogen and oxygen atoms in total. The van der Waals surface area contributed by atoms with Crippen LogP contribution in [0.4, 0.5) is 0 Å². The fourth-order valence-electron chi connectivity index (χ4n) is 5.48. The van der Waals surface area contributed by atoms with Gasteiger partial charge in [0, 0.05) is 19.2 Å². The molecule has 3 fully saturated rings. The summed E-state index contributed by atoms with van der Waals surface area (Å²) < 4.78 is 10.9. The third-order valence-electron chi connectivity index (χ3n) is 7.16. The number of ketones is 1. The Bertz CT molecular complexity index is 1030. The minimum Gasteiger partial charge on any atom is -0.378 e. The zero-order valence-electron chi connectivity index (χ0n) is 18.9. The summed E-state index contributed by atoms with van der Waals surface area (Å²) in [5.41, 5.74) is 1.16. The zero-order chi connectivity index (χ0) is 23.7. The summed E-state index contributed by atoms with van der Waals surface area (Å²) in [4.78, 5) is 33.0. The number of rotatable bonds is 6. The van der Waals surface area contributed by atoms with Crippen LogP contribution in [-0.2, 0) is 16.0 Å². The van der Waals surface area contributed by atoms with Gasteiger partial charge in [0.05, 0.1) is 54.4 Å². The van der Waals surface area contributed by atoms with Gasteiger partial charge in [-0.15, -0.1) is 0 Å². The van der Waals surface area contributed by atoms with Gasteiger partial charge in [-0.3, -0.25) is 19.4 Å². The van der Waals surface area contributed by atoms with Crippen molar-refractivity contribution in [3.63, 3.8) is 0 Å². The van der Waals surface area contributed by atoms with Crippen LogP contribution in [0.2, 0.25) is 10.0 Å². The number of hydrogen-bond donors (Lipinski definition) is 0. The molecule has 0 bridgehead atoms. The summed E-state index contributed by atoms with van der Waals surface area (Å²) in [5, 5.41) is 4.71. The van der Waals surface area contributed by atoms with Crippen LogP contribution in [0, 0.1) is 0 Å². The lowest BCUT2D eigenvalue weighted by Crippen LogP contribution is -2.72. The number of benzene rings is 1. The maximum atomic E-state index is 13.6. The number of likely N-dealkylation sites (tertiary alicyclic amines) is 1. The number of carbonyl (C=O) groups excluding carboxylic acids is 2. The molecule has 10 heteroatoms. The van der Waals surface area contributed by atoms with Crippen LogP contribution < -0.4 is 0 Å². The first-order chi connectivity index (χ1) is 16.5. The van der Waals surface area contributed by atoms with Crippen LogP contribution in [0.5, 0.6) is 0 Å². The van der Waals surface area contributed by atoms with E-state index in [4.69, 9.17) is 32.5 Å². The summed E-state index contributed by atoms with van der Waals surface area (Å²) in [6, 6.07) is 6.89. The molecule has 0 saturated carbocycles. The van der Waals surface area contributed by atoms with E-state index in [0.29, 0.717) is 42.0 Å². The normalized spacial score (nSPS) is 25.9. The summed E-state index contributed by atoms with van der Waals surface area (Å²) in [6.07, 6.45) is 3.97. The van der Waals surface area contributed by atoms with E-state index < -0.39 is 0 Å². The number of halogens is 2. The lowest BCUT2D eigenvalue weighted by molar-refractivity contribution is -0.151. The van der Waals surface area contributed by atoms with Gasteiger partial charge in [0.2, 0.25) is 5.91 Å². The molecule has 3 saturated heterocycles. The Morgan fingerprint density at radius 1 is 1.00 bits per heavy atom. The van der Waals surface area contributed by atoms with Crippen LogP contribution in [0.25, 0.3) is 0 Å². The maximum absolute atomic E-state index is 13.6. The molecule has 1 amide bonds. The monoisotopic (exact) mass is 506 g/mol. The average Bonchev–Trinajstić information content (AvgIpc) is 3.56. The molecular formula is C24H28Cl2N4O4. The Morgan fingerprint density at radius 2 is 1.79 bits per heavy atom. The van der Waals surface area contributed by atoms with E-state index in [9.17, 15) is 9.59 Å². The number of hydrogen-bond acceptors (Lipinski definition) is 7. The van der Waals surface area contributed by atoms with E-state index in [1.54, 1.807) is 18.2 Å². The highest BCUT2D eigenvalue weighted by Crippen LogP contribution is 2.30. The van der Waals surface area contributed by atoms with Crippen molar-refractivity contribution in [3.05, 3.63) is 51.8 Å². The molecule has 2 aromatic rings. The number of ether oxygens (including phenoxy) is 1. The zero-order valence-corrected chi connectivity index (χ0v) is 20.4. The number of nitrogens with zero attached hydrogens (tertiary/aromatic N) is 4. The Labute approximate surface area is 208 Å². The Balaban J connectivity index is 1.38. The minimum atomic E-state index is -0.0913. The van der Waals surface area contributed by atoms with Crippen molar-refractivity contribution in [1.29, 1.82) is 0 Å². The smallest absolute Gasteiger partial charge is 0.227 e. The molecule has 0 N–H and O–H groups in total. The van der Waals surface area contributed by atoms with E-state index in [-0.39, 0.29) is 42.8 Å². The first-order valence-electron chi connectivity index (χ1n) is 11.7. The standard InChI is InChI=1S/C24H28Cl2N4O4/c25-17-4-3-16(11-18(17)26)12-23(32)30-9-8-29(13-22(31)19-5-10-34-27-19)21-15-33-14-20(24(21)30)28-6-1-2-7-28/h3-5,10-11,20-21,24H,1-2,6-9,12-15H2/t20-,21?,24+/m0/s1. The average molecular weight is 507 g/mol. The molecule has 182 valence electrons. The number of carbonyl (C=O) groups is 2. The molecule has 3 atom stereocenters. The lowest BCUT2D eigenvalue weighted by Gasteiger charge is -2.54. The van der Waals surface area contributed by atoms with Crippen LogP contribution in [-0.4, -0.2) is 95.6 Å². The second-order valence-corrected chi connectivity index (χ2v) is 10.0. The van der Waals surface area contributed by atoms with Gasteiger partial charge >= 0.3 is 0 Å². The van der Waals surface area contributed by atoms with Gasteiger partial charge < -0.3 is 14.2 Å². The van der Waals surface area contributed by atoms with E-state index in [0.717, 1.165) is 31.5 Å². The van der Waals surface area contributed by atoms with Gasteiger partial charge in [0.15, 0.2) is 11.5 Å². The predicted octanol–water partition coefficient (Wildman–Crippen LogP) is 2.78. The van der Waals surface area contributed by atoms with E-state index in [2.05, 4.69) is 15.0 Å². The second kappa shape index (κ2) is 10.3. The number of fused-ring (bicyclic) bond motifs is 1. The van der Waals surface area contributed by atoms with Crippen LogP contribution in [0.1, 0.15) is 28.9 Å². The van der Waals surface area contributed by atoms with Crippen LogP contribution in [0.15, 0.2) is 35.1 Å². The van der Waals surface area contributed by atoms with Crippen molar-refractivity contribution in [2.75, 3.05) is 45.9 Å². The topological polar surface area (TPSA) is 79.1 Å². The van der Waals surface area contributed by atoms with Crippen molar-refractivity contribution in [3.8, 4) is 0 Å². The third-order valence-corrected chi connectivity index (χ3v) is 7.90. The predicted molar refractivity (Wildman–Crippen MR) is 127 cm³/mol. The van der Waals surface area contributed by atoms with Crippen molar-refractivity contribution in [2.24, 2.45) is 0 Å². The van der Waals surface area contributed by atoms with Gasteiger partial charge in [0.1, 0.15) is 6.26 Å². The minimum absolute atomic E-state index is 0.0546. The van der Waals surface area contributed by atoms with E-state index in [1.165, 1.54) is 6.26 Å². The molecule has 0 radical (unpaired) electrons. The molecule has 4 heterocycles. The first-order valence-corrected chi connectivity index (χ1v) is 12.5. The quantitative estimate of drug-likeness (QED) is 0.557. The molecule has 0 spiro atoms. The Morgan fingerprint density at radius 3 is 2.53 bits per heavy atom. The number of amides is 1. The third kappa shape index (κ3) is 4.88. The molecule has 0 aliphatic carbocycles. The summed E-state index contributed by atoms with van der Waals surface area (Å²) in [7, 11) is 0. The first kappa shape index (κ1) is 23.8. The van der Waals surface area contributed by atoms with Gasteiger partial charge in [-0.2, -0.15) is 0 Å². The summed E-state index contributed by atoms with van der Waals surface area (Å²) in [6.45, 7) is 4.44. The molecule has 3 aliphatic heterocycles. The van der Waals surface area contributed by atoms with E-state index in [1.807, 2.05) is 11.0 Å². The van der Waals surface area contributed by atoms with Crippen molar-refractivity contribution in [1.82, 2.24) is 19.9 Å². The number of Topliss-reactive ketones (excluding diaryl/α,β-unsaturated/α-hetero) is 1.